The van der Waals surface area contributed by atoms with Gasteiger partial charge in [-0.05, 0) is 53.7 Å². The SMILES string of the molecule is CC(C)(C)N=c1cccccc1NC(C)(C)C. The van der Waals surface area contributed by atoms with Crippen LogP contribution in [-0.4, -0.2) is 11.1 Å². The lowest BCUT2D eigenvalue weighted by Crippen LogP contribution is -2.30. The fraction of sp³-hybridized carbons (Fsp3) is 0.533. The standard InChI is InChI=1S/C15H24N2/c1-14(2,3)16-12-10-8-7-9-11-13(12)17-15(4,5)6/h7-11H,1-6H3,(H,16,17). The van der Waals surface area contributed by atoms with Crippen LogP contribution in [0.2, 0.25) is 0 Å². The summed E-state index contributed by atoms with van der Waals surface area (Å²) in [6, 6.07) is 10.2. The summed E-state index contributed by atoms with van der Waals surface area (Å²) in [6.07, 6.45) is 0. The smallest absolute Gasteiger partial charge is 0.0812 e. The van der Waals surface area contributed by atoms with E-state index in [0.717, 1.165) is 11.0 Å². The van der Waals surface area contributed by atoms with Gasteiger partial charge in [-0.1, -0.05) is 18.2 Å². The number of anilines is 1. The van der Waals surface area contributed by atoms with Gasteiger partial charge in [-0.3, -0.25) is 4.99 Å². The Morgan fingerprint density at radius 1 is 0.882 bits per heavy atom. The van der Waals surface area contributed by atoms with Gasteiger partial charge in [0, 0.05) is 5.54 Å². The molecule has 0 aliphatic rings. The van der Waals surface area contributed by atoms with Gasteiger partial charge in [0.25, 0.3) is 0 Å². The summed E-state index contributed by atoms with van der Waals surface area (Å²) in [6.45, 7) is 12.8. The van der Waals surface area contributed by atoms with Crippen LogP contribution in [0.25, 0.3) is 0 Å². The second-order valence-corrected chi connectivity index (χ2v) is 6.37. The molecule has 0 saturated carbocycles. The molecule has 0 aliphatic carbocycles. The van der Waals surface area contributed by atoms with Gasteiger partial charge in [0.1, 0.15) is 0 Å². The lowest BCUT2D eigenvalue weighted by molar-refractivity contribution is 0.565. The molecule has 17 heavy (non-hydrogen) atoms. The zero-order valence-corrected chi connectivity index (χ0v) is 11.8. The maximum absolute atomic E-state index is 4.75. The quantitative estimate of drug-likeness (QED) is 0.786. The first kappa shape index (κ1) is 13.8. The maximum Gasteiger partial charge on any atom is 0.0812 e. The molecule has 0 heterocycles. The van der Waals surface area contributed by atoms with E-state index in [0.29, 0.717) is 0 Å². The van der Waals surface area contributed by atoms with Crippen LogP contribution >= 0.6 is 0 Å². The minimum absolute atomic E-state index is 0.0382. The Bertz CT molecular complexity index is 434. The molecule has 0 aliphatic heterocycles. The highest BCUT2D eigenvalue weighted by atomic mass is 15.0. The molecule has 2 heteroatoms. The molecule has 94 valence electrons. The average molecular weight is 232 g/mol. The third-order valence-corrected chi connectivity index (χ3v) is 1.98. The lowest BCUT2D eigenvalue weighted by Gasteiger charge is -2.22. The van der Waals surface area contributed by atoms with Crippen molar-refractivity contribution in [3.63, 3.8) is 0 Å². The van der Waals surface area contributed by atoms with Gasteiger partial charge in [-0.15, -0.1) is 0 Å². The molecule has 0 aromatic heterocycles. The van der Waals surface area contributed by atoms with E-state index in [1.54, 1.807) is 0 Å². The molecule has 2 nitrogen and oxygen atoms in total. The molecular weight excluding hydrogens is 208 g/mol. The molecule has 0 bridgehead atoms. The molecule has 1 aromatic rings. The summed E-state index contributed by atoms with van der Waals surface area (Å²) >= 11 is 0. The van der Waals surface area contributed by atoms with Crippen LogP contribution in [0.5, 0.6) is 0 Å². The van der Waals surface area contributed by atoms with Crippen molar-refractivity contribution in [3.8, 4) is 0 Å². The summed E-state index contributed by atoms with van der Waals surface area (Å²) in [5.74, 6) is 0. The fourth-order valence-corrected chi connectivity index (χ4v) is 1.51. The topological polar surface area (TPSA) is 24.4 Å². The zero-order valence-electron chi connectivity index (χ0n) is 11.8. The Morgan fingerprint density at radius 3 is 2.00 bits per heavy atom. The third-order valence-electron chi connectivity index (χ3n) is 1.98. The largest absolute Gasteiger partial charge is 0.379 e. The van der Waals surface area contributed by atoms with Crippen molar-refractivity contribution >= 4 is 5.69 Å². The fourth-order valence-electron chi connectivity index (χ4n) is 1.51. The van der Waals surface area contributed by atoms with Crippen molar-refractivity contribution in [3.05, 3.63) is 35.7 Å². The second kappa shape index (κ2) is 4.91. The van der Waals surface area contributed by atoms with Crippen LogP contribution in [0, 0.1) is 0 Å². The first-order valence-electron chi connectivity index (χ1n) is 6.11. The van der Waals surface area contributed by atoms with Gasteiger partial charge in [-0.25, -0.2) is 0 Å². The van der Waals surface area contributed by atoms with E-state index in [1.165, 1.54) is 0 Å². The molecule has 0 spiro atoms. The molecule has 0 saturated heterocycles. The minimum Gasteiger partial charge on any atom is -0.379 e. The predicted molar refractivity (Wildman–Crippen MR) is 75.1 cm³/mol. The van der Waals surface area contributed by atoms with Crippen LogP contribution in [0.1, 0.15) is 41.5 Å². The molecular formula is C15H24N2. The summed E-state index contributed by atoms with van der Waals surface area (Å²) in [5, 5.41) is 4.51. The maximum atomic E-state index is 4.75. The molecule has 1 N–H and O–H groups in total. The normalized spacial score (nSPS) is 13.6. The zero-order chi connectivity index (χ0) is 13.1. The average Bonchev–Trinajstić information content (AvgIpc) is 2.27. The van der Waals surface area contributed by atoms with E-state index < -0.39 is 0 Å². The van der Waals surface area contributed by atoms with Gasteiger partial charge in [0.05, 0.1) is 16.6 Å². The van der Waals surface area contributed by atoms with Crippen molar-refractivity contribution < 1.29 is 0 Å². The van der Waals surface area contributed by atoms with Crippen LogP contribution in [0.15, 0.2) is 35.3 Å². The van der Waals surface area contributed by atoms with Crippen molar-refractivity contribution in [2.24, 2.45) is 4.99 Å². The van der Waals surface area contributed by atoms with Crippen molar-refractivity contribution in [2.75, 3.05) is 5.32 Å². The summed E-state index contributed by atoms with van der Waals surface area (Å²) in [7, 11) is 0. The summed E-state index contributed by atoms with van der Waals surface area (Å²) < 4.78 is 0. The Labute approximate surface area is 105 Å². The molecule has 1 aromatic carbocycles. The Morgan fingerprint density at radius 2 is 1.47 bits per heavy atom. The Hall–Kier alpha value is -1.31. The molecule has 1 rings (SSSR count). The van der Waals surface area contributed by atoms with Gasteiger partial charge in [-0.2, -0.15) is 0 Å². The van der Waals surface area contributed by atoms with Gasteiger partial charge in [0.15, 0.2) is 0 Å². The molecule has 0 fully saturated rings. The second-order valence-electron chi connectivity index (χ2n) is 6.37. The number of hydrogen-bond donors (Lipinski definition) is 1. The van der Waals surface area contributed by atoms with E-state index in [2.05, 4.69) is 59.0 Å². The number of nitrogens with zero attached hydrogens (tertiary/aromatic N) is 1. The van der Waals surface area contributed by atoms with Crippen molar-refractivity contribution in [2.45, 2.75) is 52.6 Å². The Kier molecular flexibility index (Phi) is 3.97. The minimum atomic E-state index is -0.0668. The molecule has 0 radical (unpaired) electrons. The first-order valence-corrected chi connectivity index (χ1v) is 6.11. The number of nitrogens with one attached hydrogen (secondary N) is 1. The highest BCUT2D eigenvalue weighted by Gasteiger charge is 2.11. The van der Waals surface area contributed by atoms with E-state index >= 15 is 0 Å². The van der Waals surface area contributed by atoms with E-state index in [9.17, 15) is 0 Å². The number of rotatable bonds is 1. The van der Waals surface area contributed by atoms with E-state index in [4.69, 9.17) is 4.99 Å². The van der Waals surface area contributed by atoms with E-state index in [1.807, 2.05) is 18.2 Å². The van der Waals surface area contributed by atoms with Gasteiger partial charge >= 0.3 is 0 Å². The van der Waals surface area contributed by atoms with Crippen LogP contribution in [0.3, 0.4) is 0 Å². The highest BCUT2D eigenvalue weighted by molar-refractivity contribution is 5.43. The van der Waals surface area contributed by atoms with Crippen molar-refractivity contribution in [1.82, 2.24) is 0 Å². The van der Waals surface area contributed by atoms with Crippen LogP contribution < -0.4 is 10.7 Å². The predicted octanol–water partition coefficient (Wildman–Crippen LogP) is 3.60. The number of hydrogen-bond acceptors (Lipinski definition) is 2. The molecule has 0 atom stereocenters. The van der Waals surface area contributed by atoms with Crippen LogP contribution in [0.4, 0.5) is 5.69 Å². The van der Waals surface area contributed by atoms with Crippen LogP contribution in [-0.2, 0) is 0 Å². The summed E-state index contributed by atoms with van der Waals surface area (Å²) in [4.78, 5) is 4.75. The van der Waals surface area contributed by atoms with Gasteiger partial charge < -0.3 is 5.32 Å². The monoisotopic (exact) mass is 232 g/mol. The van der Waals surface area contributed by atoms with E-state index in [-0.39, 0.29) is 11.1 Å². The third kappa shape index (κ3) is 5.53. The first-order chi connectivity index (χ1) is 7.67. The summed E-state index contributed by atoms with van der Waals surface area (Å²) in [5.41, 5.74) is 1.05. The molecule has 0 unspecified atom stereocenters. The highest BCUT2D eigenvalue weighted by Crippen LogP contribution is 2.11. The van der Waals surface area contributed by atoms with Crippen molar-refractivity contribution in [1.29, 1.82) is 0 Å². The Balaban J connectivity index is 3.31. The van der Waals surface area contributed by atoms with Gasteiger partial charge in [0.2, 0.25) is 0 Å². The lowest BCUT2D eigenvalue weighted by atomic mass is 10.1. The molecule has 0 amide bonds.